The summed E-state index contributed by atoms with van der Waals surface area (Å²) in [4.78, 5) is 12.5. The van der Waals surface area contributed by atoms with Crippen molar-refractivity contribution in [3.8, 4) is 0 Å². The number of aliphatic hydroxyl groups is 1. The molecule has 5 nitrogen and oxygen atoms in total. The van der Waals surface area contributed by atoms with E-state index < -0.39 is 11.4 Å². The highest BCUT2D eigenvalue weighted by atomic mass is 19.1. The van der Waals surface area contributed by atoms with Crippen LogP contribution in [0.15, 0.2) is 54.3 Å². The fourth-order valence-corrected chi connectivity index (χ4v) is 3.72. The molecule has 2 aromatic carbocycles. The van der Waals surface area contributed by atoms with E-state index in [4.69, 9.17) is 9.84 Å². The summed E-state index contributed by atoms with van der Waals surface area (Å²) in [7, 11) is 0. The normalized spacial score (nSPS) is 19.6. The predicted molar refractivity (Wildman–Crippen MR) is 110 cm³/mol. The molecule has 4 rings (SSSR count). The van der Waals surface area contributed by atoms with Gasteiger partial charge in [0.05, 0.1) is 12.2 Å². The van der Waals surface area contributed by atoms with Crippen LogP contribution in [0, 0.1) is 5.82 Å². The number of aliphatic hydroxyl groups excluding tert-OH is 1. The smallest absolute Gasteiger partial charge is 0.260 e. The first-order valence-electron chi connectivity index (χ1n) is 9.56. The molecule has 6 heteroatoms. The minimum absolute atomic E-state index is 0.106. The molecule has 29 heavy (non-hydrogen) atoms. The maximum absolute atomic E-state index is 13.8. The molecule has 1 amide bonds. The van der Waals surface area contributed by atoms with Crippen LogP contribution in [0.3, 0.4) is 0 Å². The van der Waals surface area contributed by atoms with Crippen LogP contribution >= 0.6 is 0 Å². The van der Waals surface area contributed by atoms with E-state index in [2.05, 4.69) is 10.6 Å². The monoisotopic (exact) mass is 394 g/mol. The average Bonchev–Trinajstić information content (AvgIpc) is 3.17. The largest absolute Gasteiger partial charge is 0.482 e. The van der Waals surface area contributed by atoms with Gasteiger partial charge in [0.25, 0.3) is 5.91 Å². The van der Waals surface area contributed by atoms with Gasteiger partial charge in [-0.2, -0.15) is 0 Å². The molecule has 0 aromatic heterocycles. The Bertz CT molecular complexity index is 1020. The van der Waals surface area contributed by atoms with Crippen LogP contribution in [0.5, 0.6) is 0 Å². The number of benzene rings is 2. The summed E-state index contributed by atoms with van der Waals surface area (Å²) in [5.41, 5.74) is 3.88. The van der Waals surface area contributed by atoms with Gasteiger partial charge in [-0.25, -0.2) is 4.39 Å². The topological polar surface area (TPSA) is 70.6 Å². The number of amides is 1. The summed E-state index contributed by atoms with van der Waals surface area (Å²) in [5, 5.41) is 14.8. The van der Waals surface area contributed by atoms with Crippen LogP contribution in [0.4, 0.5) is 10.1 Å². The summed E-state index contributed by atoms with van der Waals surface area (Å²) in [5.74, 6) is -0.245. The molecule has 3 N–H and O–H groups in total. The fourth-order valence-electron chi connectivity index (χ4n) is 3.72. The number of rotatable bonds is 5. The van der Waals surface area contributed by atoms with E-state index in [1.807, 2.05) is 44.2 Å². The third-order valence-corrected chi connectivity index (χ3v) is 5.14. The number of ether oxygens (including phenoxy) is 1. The Labute approximate surface area is 168 Å². The molecule has 2 aliphatic rings. The van der Waals surface area contributed by atoms with Gasteiger partial charge in [0.15, 0.2) is 0 Å². The Morgan fingerprint density at radius 3 is 2.66 bits per heavy atom. The van der Waals surface area contributed by atoms with Crippen molar-refractivity contribution < 1.29 is 19.0 Å². The highest BCUT2D eigenvalue weighted by molar-refractivity contribution is 6.32. The number of hydrogen-bond donors (Lipinski definition) is 3. The highest BCUT2D eigenvalue weighted by Gasteiger charge is 2.38. The highest BCUT2D eigenvalue weighted by Crippen LogP contribution is 2.44. The van der Waals surface area contributed by atoms with Gasteiger partial charge >= 0.3 is 0 Å². The second kappa shape index (κ2) is 7.46. The third-order valence-electron chi connectivity index (χ3n) is 5.14. The Balaban J connectivity index is 1.69. The van der Waals surface area contributed by atoms with Crippen molar-refractivity contribution >= 4 is 22.7 Å². The van der Waals surface area contributed by atoms with Gasteiger partial charge in [0.2, 0.25) is 0 Å². The molecule has 0 saturated carbocycles. The lowest BCUT2D eigenvalue weighted by Gasteiger charge is -2.23. The van der Waals surface area contributed by atoms with Gasteiger partial charge in [-0.05, 0) is 49.2 Å². The molecule has 2 heterocycles. The number of nitrogens with one attached hydrogen (secondary N) is 2. The molecular formula is C23H23FN2O3. The first-order chi connectivity index (χ1) is 13.9. The van der Waals surface area contributed by atoms with Crippen LogP contribution in [0.2, 0.25) is 0 Å². The molecule has 0 aliphatic carbocycles. The van der Waals surface area contributed by atoms with Crippen molar-refractivity contribution in [1.29, 1.82) is 0 Å². The van der Waals surface area contributed by atoms with E-state index in [-0.39, 0.29) is 12.5 Å². The SMILES string of the molecule is CC1(C)OC(=C2C(=O)Nc3ccc(F)cc32)C=C1c1ccc(CNCCO)cc1. The van der Waals surface area contributed by atoms with Gasteiger partial charge in [0, 0.05) is 29.9 Å². The number of halogens is 1. The van der Waals surface area contributed by atoms with E-state index in [9.17, 15) is 9.18 Å². The second-order valence-corrected chi connectivity index (χ2v) is 7.65. The minimum Gasteiger partial charge on any atom is -0.482 e. The number of allylic oxidation sites excluding steroid dienone is 1. The van der Waals surface area contributed by atoms with Crippen LogP contribution in [-0.4, -0.2) is 29.8 Å². The van der Waals surface area contributed by atoms with Gasteiger partial charge in [-0.3, -0.25) is 4.79 Å². The van der Waals surface area contributed by atoms with E-state index in [1.54, 1.807) is 6.07 Å². The van der Waals surface area contributed by atoms with E-state index in [0.717, 1.165) is 16.7 Å². The summed E-state index contributed by atoms with van der Waals surface area (Å²) in [6.45, 7) is 5.23. The lowest BCUT2D eigenvalue weighted by molar-refractivity contribution is -0.111. The molecule has 2 aromatic rings. The van der Waals surface area contributed by atoms with Gasteiger partial charge in [0.1, 0.15) is 17.2 Å². The van der Waals surface area contributed by atoms with Gasteiger partial charge in [-0.15, -0.1) is 0 Å². The van der Waals surface area contributed by atoms with E-state index in [0.29, 0.717) is 35.7 Å². The zero-order valence-electron chi connectivity index (χ0n) is 16.4. The molecule has 0 radical (unpaired) electrons. The first-order valence-corrected chi connectivity index (χ1v) is 9.56. The quantitative estimate of drug-likeness (QED) is 0.537. The maximum atomic E-state index is 13.8. The average molecular weight is 394 g/mol. The van der Waals surface area contributed by atoms with Crippen molar-refractivity contribution in [3.63, 3.8) is 0 Å². The number of carbonyl (C=O) groups is 1. The zero-order chi connectivity index (χ0) is 20.6. The number of hydrogen-bond acceptors (Lipinski definition) is 4. The third kappa shape index (κ3) is 3.69. The summed E-state index contributed by atoms with van der Waals surface area (Å²) >= 11 is 0. The minimum atomic E-state index is -0.630. The first kappa shape index (κ1) is 19.4. The summed E-state index contributed by atoms with van der Waals surface area (Å²) < 4.78 is 19.9. The summed E-state index contributed by atoms with van der Waals surface area (Å²) in [6.07, 6.45) is 1.87. The molecule has 2 aliphatic heterocycles. The Hall–Kier alpha value is -2.96. The van der Waals surface area contributed by atoms with Crippen LogP contribution in [-0.2, 0) is 16.1 Å². The number of fused-ring (bicyclic) bond motifs is 1. The van der Waals surface area contributed by atoms with Crippen molar-refractivity contribution in [1.82, 2.24) is 5.32 Å². The number of carbonyl (C=O) groups excluding carboxylic acids is 1. The molecule has 150 valence electrons. The van der Waals surface area contributed by atoms with Gasteiger partial charge < -0.3 is 20.5 Å². The Morgan fingerprint density at radius 2 is 1.93 bits per heavy atom. The second-order valence-electron chi connectivity index (χ2n) is 7.65. The van der Waals surface area contributed by atoms with Crippen molar-refractivity contribution in [3.05, 3.63) is 76.8 Å². The van der Waals surface area contributed by atoms with Crippen LogP contribution < -0.4 is 10.6 Å². The summed E-state index contributed by atoms with van der Waals surface area (Å²) in [6, 6.07) is 12.3. The van der Waals surface area contributed by atoms with Crippen LogP contribution in [0.1, 0.15) is 30.5 Å². The molecule has 0 atom stereocenters. The maximum Gasteiger partial charge on any atom is 0.260 e. The Kier molecular flexibility index (Phi) is 4.98. The molecule has 0 unspecified atom stereocenters. The van der Waals surface area contributed by atoms with Crippen LogP contribution in [0.25, 0.3) is 11.1 Å². The van der Waals surface area contributed by atoms with Crippen molar-refractivity contribution in [2.75, 3.05) is 18.5 Å². The predicted octanol–water partition coefficient (Wildman–Crippen LogP) is 3.46. The lowest BCUT2D eigenvalue weighted by atomic mass is 9.91. The van der Waals surface area contributed by atoms with Crippen molar-refractivity contribution in [2.24, 2.45) is 0 Å². The van der Waals surface area contributed by atoms with E-state index in [1.165, 1.54) is 12.1 Å². The fraction of sp³-hybridized carbons (Fsp3) is 0.261. The lowest BCUT2D eigenvalue weighted by Crippen LogP contribution is -2.21. The molecular weight excluding hydrogens is 371 g/mol. The number of anilines is 1. The molecule has 0 fully saturated rings. The van der Waals surface area contributed by atoms with Crippen molar-refractivity contribution in [2.45, 2.75) is 26.0 Å². The van der Waals surface area contributed by atoms with E-state index >= 15 is 0 Å². The van der Waals surface area contributed by atoms with Gasteiger partial charge in [-0.1, -0.05) is 24.3 Å². The molecule has 0 spiro atoms. The molecule has 0 bridgehead atoms. The zero-order valence-corrected chi connectivity index (χ0v) is 16.4. The Morgan fingerprint density at radius 1 is 1.17 bits per heavy atom. The standard InChI is InChI=1S/C23H23FN2O3/c1-23(2)18(15-5-3-14(4-6-15)13-25-9-10-27)12-20(29-23)21-17-11-16(24)7-8-19(17)26-22(21)28/h3-8,11-12,25,27H,9-10,13H2,1-2H3,(H,26,28). The molecule has 0 saturated heterocycles.